The van der Waals surface area contributed by atoms with Crippen molar-refractivity contribution in [3.63, 3.8) is 0 Å². The highest BCUT2D eigenvalue weighted by molar-refractivity contribution is 14.2. The molecule has 0 unspecified atom stereocenters. The van der Waals surface area contributed by atoms with Crippen molar-refractivity contribution in [1.29, 1.82) is 0 Å². The number of ether oxygens (including phenoxy) is 1. The molecule has 1 aromatic rings. The molecule has 5 aliphatic rings. The molecule has 1 amide bonds. The summed E-state index contributed by atoms with van der Waals surface area (Å²) in [6.45, 7) is 5.44. The van der Waals surface area contributed by atoms with Crippen molar-refractivity contribution in [2.75, 3.05) is 26.2 Å². The second-order valence-electron chi connectivity index (χ2n) is 12.5. The van der Waals surface area contributed by atoms with Gasteiger partial charge in [0.25, 0.3) is 0 Å². The molecule has 4 aliphatic heterocycles. The van der Waals surface area contributed by atoms with Crippen LogP contribution < -0.4 is 0 Å². The number of allylic oxidation sites excluding steroid dienone is 2. The number of likely N-dealkylation sites (tertiary alicyclic amines) is 2. The maximum absolute atomic E-state index is 14.7. The van der Waals surface area contributed by atoms with E-state index in [0.717, 1.165) is 37.7 Å². The van der Waals surface area contributed by atoms with Crippen molar-refractivity contribution in [3.8, 4) is 0 Å². The predicted molar refractivity (Wildman–Crippen MR) is 173 cm³/mol. The van der Waals surface area contributed by atoms with E-state index >= 15 is 0 Å². The maximum Gasteiger partial charge on any atom is 0.410 e. The van der Waals surface area contributed by atoms with Crippen LogP contribution >= 0.6 is 21.0 Å². The van der Waals surface area contributed by atoms with Gasteiger partial charge in [0.15, 0.2) is 0 Å². The number of halogens is 2. The Morgan fingerprint density at radius 2 is 1.70 bits per heavy atom. The summed E-state index contributed by atoms with van der Waals surface area (Å²) in [7, 11) is -4.05. The van der Waals surface area contributed by atoms with Crippen molar-refractivity contribution >= 4 is 41.1 Å². The van der Waals surface area contributed by atoms with E-state index in [9.17, 15) is 22.8 Å². The smallest absolute Gasteiger partial charge is 0.410 e. The van der Waals surface area contributed by atoms with Gasteiger partial charge in [0, 0.05) is 25.3 Å². The minimum atomic E-state index is -4.05. The standard InChI is InChI=1S/C31H41FIN4O5S/c1-23-8-10-27(11-9-23)43(40,41)37-28(24-20-25(32)22-36(39)33-21-24)6-5-7-29(37)31(14-15-31)42-30(38)35-18-12-26(13-19-35)34-16-3-2-4-17-34/h8-11,20-22,26,28-29H,2-7,12-19H2,1H3/q-1/t28-,29+/m0/s1. The summed E-state index contributed by atoms with van der Waals surface area (Å²) in [4.78, 5) is 18.1. The SMILES string of the molecule is Cc1ccc(S(=O)(=O)N2[C@H](C3=CC(F)=CN([O-])I=C3)CCC[C@@H]2C2(OC(=O)N3CCC(N4CCCCC4)CC3)CC2)cc1. The molecule has 9 nitrogen and oxygen atoms in total. The van der Waals surface area contributed by atoms with Gasteiger partial charge in [0.2, 0.25) is 10.0 Å². The maximum atomic E-state index is 14.7. The number of nitrogens with zero attached hydrogens (tertiary/aromatic N) is 4. The summed E-state index contributed by atoms with van der Waals surface area (Å²) in [6, 6.07) is 5.99. The number of piperidine rings is 3. The second kappa shape index (κ2) is 12.9. The first kappa shape index (κ1) is 31.1. The van der Waals surface area contributed by atoms with Gasteiger partial charge in [-0.25, -0.2) is 17.6 Å². The molecular formula is C31H41FIN4O5S-. The van der Waals surface area contributed by atoms with Gasteiger partial charge in [0.1, 0.15) is 11.4 Å². The second-order valence-corrected chi connectivity index (χ2v) is 16.5. The molecule has 1 aliphatic carbocycles. The van der Waals surface area contributed by atoms with Crippen LogP contribution in [0.1, 0.15) is 69.8 Å². The molecule has 12 heteroatoms. The Morgan fingerprint density at radius 1 is 1.00 bits per heavy atom. The minimum Gasteiger partial charge on any atom is -0.750 e. The Kier molecular flexibility index (Phi) is 9.31. The van der Waals surface area contributed by atoms with E-state index < -0.39 is 54.5 Å². The lowest BCUT2D eigenvalue weighted by atomic mass is 9.90. The predicted octanol–water partition coefficient (Wildman–Crippen LogP) is 5.76. The number of carbonyl (C=O) groups excluding carboxylic acids is 1. The van der Waals surface area contributed by atoms with Crippen LogP contribution in [0, 0.1) is 12.1 Å². The van der Waals surface area contributed by atoms with E-state index in [1.54, 1.807) is 33.2 Å². The summed E-state index contributed by atoms with van der Waals surface area (Å²) >= 11 is -1.20. The number of carbonyl (C=O) groups is 1. The fraction of sp³-hybridized carbons (Fsp3) is 0.613. The first-order chi connectivity index (χ1) is 20.7. The van der Waals surface area contributed by atoms with Gasteiger partial charge in [-0.3, -0.25) is 0 Å². The molecular weight excluding hydrogens is 686 g/mol. The first-order valence-corrected chi connectivity index (χ1v) is 19.2. The summed E-state index contributed by atoms with van der Waals surface area (Å²) in [5.41, 5.74) is 0.521. The fourth-order valence-electron chi connectivity index (χ4n) is 7.14. The van der Waals surface area contributed by atoms with Crippen LogP contribution in [0.15, 0.2) is 52.8 Å². The number of sulfonamides is 1. The number of benzene rings is 1. The van der Waals surface area contributed by atoms with Crippen molar-refractivity contribution < 1.29 is 22.3 Å². The zero-order chi connectivity index (χ0) is 30.2. The Balaban J connectivity index is 1.25. The molecule has 0 N–H and O–H groups in total. The Labute approximate surface area is 264 Å². The van der Waals surface area contributed by atoms with Gasteiger partial charge in [-0.2, -0.15) is 4.31 Å². The highest BCUT2D eigenvalue weighted by Gasteiger charge is 2.60. The summed E-state index contributed by atoms with van der Waals surface area (Å²) in [5.74, 6) is -0.686. The van der Waals surface area contributed by atoms with Crippen LogP contribution in [0.5, 0.6) is 0 Å². The molecule has 4 heterocycles. The number of hydrogen-bond donors (Lipinski definition) is 0. The van der Waals surface area contributed by atoms with Gasteiger partial charge in [-0.15, -0.1) is 0 Å². The van der Waals surface area contributed by atoms with Crippen LogP contribution in [-0.2, 0) is 14.8 Å². The lowest BCUT2D eigenvalue weighted by molar-refractivity contribution is -0.0103. The van der Waals surface area contributed by atoms with Crippen LogP contribution in [-0.4, -0.2) is 85.8 Å². The average molecular weight is 728 g/mol. The molecule has 0 spiro atoms. The molecule has 0 radical (unpaired) electrons. The molecule has 43 heavy (non-hydrogen) atoms. The zero-order valence-corrected chi connectivity index (χ0v) is 27.6. The summed E-state index contributed by atoms with van der Waals surface area (Å²) in [5, 5.41) is 12.1. The van der Waals surface area contributed by atoms with E-state index in [0.29, 0.717) is 60.1 Å². The first-order valence-electron chi connectivity index (χ1n) is 15.5. The molecule has 4 fully saturated rings. The molecule has 0 bridgehead atoms. The van der Waals surface area contributed by atoms with Crippen molar-refractivity contribution in [3.05, 3.63) is 58.7 Å². The average Bonchev–Trinajstić information content (AvgIpc) is 3.82. The Morgan fingerprint density at radius 3 is 2.37 bits per heavy atom. The number of hydroxylamine groups is 1. The quantitative estimate of drug-likeness (QED) is 0.272. The van der Waals surface area contributed by atoms with Crippen molar-refractivity contribution in [2.24, 2.45) is 0 Å². The lowest BCUT2D eigenvalue weighted by Gasteiger charge is -2.45. The summed E-state index contributed by atoms with van der Waals surface area (Å²) < 4.78 is 53.6. The number of hydrogen-bond acceptors (Lipinski definition) is 7. The molecule has 1 saturated carbocycles. The highest BCUT2D eigenvalue weighted by Crippen LogP contribution is 2.51. The van der Waals surface area contributed by atoms with E-state index in [1.165, 1.54) is 29.6 Å². The number of rotatable bonds is 6. The van der Waals surface area contributed by atoms with Crippen LogP contribution in [0.2, 0.25) is 0 Å². The van der Waals surface area contributed by atoms with E-state index in [2.05, 4.69) is 4.90 Å². The van der Waals surface area contributed by atoms with E-state index in [4.69, 9.17) is 4.74 Å². The number of amides is 1. The van der Waals surface area contributed by atoms with Crippen LogP contribution in [0.3, 0.4) is 0 Å². The molecule has 6 rings (SSSR count). The van der Waals surface area contributed by atoms with Crippen LogP contribution in [0.4, 0.5) is 9.18 Å². The Bertz CT molecular complexity index is 1380. The van der Waals surface area contributed by atoms with E-state index in [1.807, 2.05) is 6.92 Å². The molecule has 3 saturated heterocycles. The molecule has 236 valence electrons. The van der Waals surface area contributed by atoms with Gasteiger partial charge >= 0.3 is 6.09 Å². The fourth-order valence-corrected chi connectivity index (χ4v) is 10.7. The monoisotopic (exact) mass is 727 g/mol. The van der Waals surface area contributed by atoms with Gasteiger partial charge < -0.3 is 23.0 Å². The minimum absolute atomic E-state index is 0.155. The molecule has 2 atom stereocenters. The third-order valence-electron chi connectivity index (χ3n) is 9.62. The number of aryl methyl sites for hydroxylation is 1. The van der Waals surface area contributed by atoms with Crippen LogP contribution in [0.25, 0.3) is 0 Å². The lowest BCUT2D eigenvalue weighted by Crippen LogP contribution is -2.58. The van der Waals surface area contributed by atoms with Crippen molar-refractivity contribution in [2.45, 2.75) is 99.8 Å². The normalized spacial score (nSPS) is 27.5. The third-order valence-corrected chi connectivity index (χ3v) is 13.4. The van der Waals surface area contributed by atoms with Crippen molar-refractivity contribution in [1.82, 2.24) is 17.4 Å². The molecule has 1 aromatic carbocycles. The van der Waals surface area contributed by atoms with Gasteiger partial charge in [-0.05, 0) is 127 Å². The Hall–Kier alpha value is -1.87. The largest absolute Gasteiger partial charge is 0.750 e. The highest BCUT2D eigenvalue weighted by atomic mass is 127. The third kappa shape index (κ3) is 6.73. The topological polar surface area (TPSA) is 96.5 Å². The van der Waals surface area contributed by atoms with Gasteiger partial charge in [-0.1, -0.05) is 24.1 Å². The van der Waals surface area contributed by atoms with Gasteiger partial charge in [0.05, 0.1) is 17.0 Å². The zero-order valence-electron chi connectivity index (χ0n) is 24.7. The van der Waals surface area contributed by atoms with E-state index in [-0.39, 0.29) is 11.0 Å². The summed E-state index contributed by atoms with van der Waals surface area (Å²) in [6.07, 6.45) is 10.4. The molecule has 0 aromatic heterocycles.